The van der Waals surface area contributed by atoms with Crippen LogP contribution in [-0.2, 0) is 15.6 Å². The van der Waals surface area contributed by atoms with E-state index < -0.39 is 22.0 Å². The fourth-order valence-corrected chi connectivity index (χ4v) is 3.01. The average molecular weight is 269 g/mol. The zero-order chi connectivity index (χ0) is 13.5. The second-order valence-corrected chi connectivity index (χ2v) is 6.01. The quantitative estimate of drug-likeness (QED) is 0.815. The summed E-state index contributed by atoms with van der Waals surface area (Å²) in [7, 11) is 2.50. The number of nitrogens with zero attached hydrogens (tertiary/aromatic N) is 1. The molecule has 2 unspecified atom stereocenters. The van der Waals surface area contributed by atoms with Crippen LogP contribution in [0.1, 0.15) is 17.2 Å². The lowest BCUT2D eigenvalue weighted by Crippen LogP contribution is -2.21. The number of rotatable bonds is 7. The lowest BCUT2D eigenvalue weighted by Gasteiger charge is -2.14. The van der Waals surface area contributed by atoms with E-state index in [0.29, 0.717) is 11.3 Å². The van der Waals surface area contributed by atoms with Crippen molar-refractivity contribution in [3.63, 3.8) is 0 Å². The molecular formula is C13H19NO3S. The SMILES string of the molecule is CN(C)CCCS(=O)C(C(=O)O)c1ccccc1. The maximum absolute atomic E-state index is 12.1. The molecule has 0 aliphatic rings. The third-order valence-corrected chi connectivity index (χ3v) is 4.23. The fourth-order valence-electron chi connectivity index (χ4n) is 1.68. The predicted octanol–water partition coefficient (Wildman–Crippen LogP) is 1.51. The summed E-state index contributed by atoms with van der Waals surface area (Å²) in [5, 5.41) is 8.28. The van der Waals surface area contributed by atoms with Gasteiger partial charge in [-0.25, -0.2) is 0 Å². The summed E-state index contributed by atoms with van der Waals surface area (Å²) < 4.78 is 12.1. The lowest BCUT2D eigenvalue weighted by molar-refractivity contribution is -0.136. The molecule has 2 atom stereocenters. The van der Waals surface area contributed by atoms with Crippen LogP contribution in [0, 0.1) is 0 Å². The first-order chi connectivity index (χ1) is 8.52. The molecule has 0 radical (unpaired) electrons. The van der Waals surface area contributed by atoms with Crippen LogP contribution in [0.2, 0.25) is 0 Å². The number of benzene rings is 1. The van der Waals surface area contributed by atoms with Gasteiger partial charge in [-0.1, -0.05) is 30.3 Å². The molecule has 1 rings (SSSR count). The van der Waals surface area contributed by atoms with E-state index >= 15 is 0 Å². The highest BCUT2D eigenvalue weighted by Gasteiger charge is 2.25. The highest BCUT2D eigenvalue weighted by Crippen LogP contribution is 2.20. The maximum Gasteiger partial charge on any atom is 0.323 e. The maximum atomic E-state index is 12.1. The summed E-state index contributed by atoms with van der Waals surface area (Å²) in [6.07, 6.45) is 0.732. The van der Waals surface area contributed by atoms with Gasteiger partial charge in [-0.3, -0.25) is 9.00 Å². The molecule has 1 aromatic carbocycles. The molecule has 0 amide bonds. The number of carboxylic acids is 1. The van der Waals surface area contributed by atoms with E-state index in [1.807, 2.05) is 25.1 Å². The number of hydrogen-bond acceptors (Lipinski definition) is 3. The van der Waals surface area contributed by atoms with Gasteiger partial charge < -0.3 is 10.0 Å². The minimum Gasteiger partial charge on any atom is -0.480 e. The van der Waals surface area contributed by atoms with E-state index in [4.69, 9.17) is 0 Å². The summed E-state index contributed by atoms with van der Waals surface area (Å²) >= 11 is 0. The van der Waals surface area contributed by atoms with Crippen LogP contribution in [0.4, 0.5) is 0 Å². The molecule has 18 heavy (non-hydrogen) atoms. The van der Waals surface area contributed by atoms with E-state index in [1.54, 1.807) is 24.3 Å². The predicted molar refractivity (Wildman–Crippen MR) is 73.0 cm³/mol. The molecular weight excluding hydrogens is 250 g/mol. The van der Waals surface area contributed by atoms with Gasteiger partial charge in [0.25, 0.3) is 0 Å². The molecule has 0 bridgehead atoms. The summed E-state index contributed by atoms with van der Waals surface area (Å²) in [4.78, 5) is 13.2. The second kappa shape index (κ2) is 7.28. The van der Waals surface area contributed by atoms with Crippen LogP contribution < -0.4 is 0 Å². The van der Waals surface area contributed by atoms with Crippen molar-refractivity contribution in [2.24, 2.45) is 0 Å². The van der Waals surface area contributed by atoms with Gasteiger partial charge in [-0.2, -0.15) is 0 Å². The zero-order valence-electron chi connectivity index (χ0n) is 10.7. The van der Waals surface area contributed by atoms with Crippen LogP contribution in [0.15, 0.2) is 30.3 Å². The molecule has 0 aliphatic carbocycles. The standard InChI is InChI=1S/C13H19NO3S/c1-14(2)9-6-10-18(17)12(13(15)16)11-7-4-3-5-8-11/h3-5,7-8,12H,6,9-10H2,1-2H3,(H,15,16). The number of aliphatic carboxylic acids is 1. The normalized spacial score (nSPS) is 14.4. The van der Waals surface area contributed by atoms with Crippen molar-refractivity contribution >= 4 is 16.8 Å². The molecule has 0 fully saturated rings. The van der Waals surface area contributed by atoms with E-state index in [9.17, 15) is 14.1 Å². The minimum absolute atomic E-state index is 0.407. The molecule has 0 aliphatic heterocycles. The molecule has 0 saturated heterocycles. The molecule has 0 saturated carbocycles. The Bertz CT molecular complexity index is 406. The van der Waals surface area contributed by atoms with Crippen molar-refractivity contribution < 1.29 is 14.1 Å². The second-order valence-electron chi connectivity index (χ2n) is 4.37. The highest BCUT2D eigenvalue weighted by molar-refractivity contribution is 7.86. The van der Waals surface area contributed by atoms with Gasteiger partial charge in [-0.05, 0) is 32.6 Å². The van der Waals surface area contributed by atoms with Crippen LogP contribution in [-0.4, -0.2) is 46.6 Å². The van der Waals surface area contributed by atoms with Crippen molar-refractivity contribution in [3.8, 4) is 0 Å². The van der Waals surface area contributed by atoms with E-state index in [-0.39, 0.29) is 0 Å². The third kappa shape index (κ3) is 4.58. The molecule has 0 spiro atoms. The topological polar surface area (TPSA) is 57.6 Å². The first-order valence-corrected chi connectivity index (χ1v) is 7.20. The Morgan fingerprint density at radius 2 is 1.94 bits per heavy atom. The molecule has 0 aromatic heterocycles. The highest BCUT2D eigenvalue weighted by atomic mass is 32.2. The summed E-state index contributed by atoms with van der Waals surface area (Å²) in [5.74, 6) is -0.617. The average Bonchev–Trinajstić information content (AvgIpc) is 2.29. The Morgan fingerprint density at radius 1 is 1.33 bits per heavy atom. The van der Waals surface area contributed by atoms with Gasteiger partial charge in [0.05, 0.1) is 0 Å². The Kier molecular flexibility index (Phi) is 6.01. The fraction of sp³-hybridized carbons (Fsp3) is 0.462. The molecule has 100 valence electrons. The van der Waals surface area contributed by atoms with Gasteiger partial charge in [-0.15, -0.1) is 0 Å². The van der Waals surface area contributed by atoms with Gasteiger partial charge in [0.15, 0.2) is 5.25 Å². The van der Waals surface area contributed by atoms with Crippen LogP contribution in [0.3, 0.4) is 0 Å². The smallest absolute Gasteiger partial charge is 0.323 e. The Hall–Kier alpha value is -1.20. The van der Waals surface area contributed by atoms with Crippen molar-refractivity contribution in [3.05, 3.63) is 35.9 Å². The van der Waals surface area contributed by atoms with Crippen LogP contribution in [0.5, 0.6) is 0 Å². The first-order valence-electron chi connectivity index (χ1n) is 5.82. The molecule has 4 nitrogen and oxygen atoms in total. The van der Waals surface area contributed by atoms with Crippen molar-refractivity contribution in [1.29, 1.82) is 0 Å². The van der Waals surface area contributed by atoms with Gasteiger partial charge in [0.1, 0.15) is 0 Å². The Balaban J connectivity index is 2.69. The molecule has 1 N–H and O–H groups in total. The molecule has 5 heteroatoms. The van der Waals surface area contributed by atoms with E-state index in [0.717, 1.165) is 13.0 Å². The number of carbonyl (C=O) groups is 1. The number of carboxylic acid groups (broad SMARTS) is 1. The van der Waals surface area contributed by atoms with Crippen molar-refractivity contribution in [2.75, 3.05) is 26.4 Å². The zero-order valence-corrected chi connectivity index (χ0v) is 11.5. The van der Waals surface area contributed by atoms with E-state index in [1.165, 1.54) is 0 Å². The van der Waals surface area contributed by atoms with Crippen LogP contribution in [0.25, 0.3) is 0 Å². The van der Waals surface area contributed by atoms with Gasteiger partial charge >= 0.3 is 5.97 Å². The molecule has 0 heterocycles. The first kappa shape index (κ1) is 14.9. The molecule has 1 aromatic rings. The van der Waals surface area contributed by atoms with Crippen molar-refractivity contribution in [1.82, 2.24) is 4.90 Å². The minimum atomic E-state index is -1.38. The summed E-state index contributed by atoms with van der Waals surface area (Å²) in [6.45, 7) is 0.812. The largest absolute Gasteiger partial charge is 0.480 e. The monoisotopic (exact) mass is 269 g/mol. The van der Waals surface area contributed by atoms with Gasteiger partial charge in [0, 0.05) is 16.6 Å². The lowest BCUT2D eigenvalue weighted by atomic mass is 10.1. The Morgan fingerprint density at radius 3 is 2.44 bits per heavy atom. The summed E-state index contributed by atoms with van der Waals surface area (Å²) in [6, 6.07) is 8.77. The third-order valence-electron chi connectivity index (χ3n) is 2.54. The number of hydrogen-bond donors (Lipinski definition) is 1. The van der Waals surface area contributed by atoms with Crippen LogP contribution >= 0.6 is 0 Å². The van der Waals surface area contributed by atoms with Gasteiger partial charge in [0.2, 0.25) is 0 Å². The summed E-state index contributed by atoms with van der Waals surface area (Å²) in [5.41, 5.74) is 0.605. The van der Waals surface area contributed by atoms with Crippen molar-refractivity contribution in [2.45, 2.75) is 11.7 Å². The van der Waals surface area contributed by atoms with E-state index in [2.05, 4.69) is 0 Å². The Labute approximate surface area is 110 Å².